The normalized spacial score (nSPS) is 11.2. The van der Waals surface area contributed by atoms with Crippen LogP contribution < -0.4 is 5.32 Å². The van der Waals surface area contributed by atoms with E-state index < -0.39 is 0 Å². The van der Waals surface area contributed by atoms with Crippen molar-refractivity contribution in [2.45, 2.75) is 32.6 Å². The van der Waals surface area contributed by atoms with Gasteiger partial charge in [0, 0.05) is 13.2 Å². The summed E-state index contributed by atoms with van der Waals surface area (Å²) in [7, 11) is 4.20. The summed E-state index contributed by atoms with van der Waals surface area (Å²) in [6, 6.07) is 0. The van der Waals surface area contributed by atoms with Crippen molar-refractivity contribution < 1.29 is 4.74 Å². The van der Waals surface area contributed by atoms with Crippen LogP contribution in [0.5, 0.6) is 0 Å². The average molecular weight is 216 g/mol. The molecule has 0 rings (SSSR count). The van der Waals surface area contributed by atoms with E-state index in [0.29, 0.717) is 0 Å². The minimum atomic E-state index is 0.908. The van der Waals surface area contributed by atoms with Crippen molar-refractivity contribution in [1.29, 1.82) is 0 Å². The molecule has 0 radical (unpaired) electrons. The van der Waals surface area contributed by atoms with E-state index in [1.807, 2.05) is 0 Å². The van der Waals surface area contributed by atoms with Gasteiger partial charge in [0.25, 0.3) is 0 Å². The first kappa shape index (κ1) is 14.9. The lowest BCUT2D eigenvalue weighted by Gasteiger charge is -2.09. The highest BCUT2D eigenvalue weighted by atomic mass is 16.5. The first-order valence-electron chi connectivity index (χ1n) is 6.20. The summed E-state index contributed by atoms with van der Waals surface area (Å²) < 4.78 is 5.54. The number of unbranched alkanes of at least 4 members (excludes halogenated alkanes) is 2. The smallest absolute Gasteiger partial charge is 0.0478 e. The van der Waals surface area contributed by atoms with Gasteiger partial charge in [-0.25, -0.2) is 0 Å². The molecule has 0 unspecified atom stereocenters. The Balaban J connectivity index is 2.87. The molecule has 0 saturated heterocycles. The first-order valence-corrected chi connectivity index (χ1v) is 6.20. The number of nitrogens with zero attached hydrogens (tertiary/aromatic N) is 1. The van der Waals surface area contributed by atoms with Crippen molar-refractivity contribution in [1.82, 2.24) is 10.2 Å². The number of hydrogen-bond donors (Lipinski definition) is 1. The second-order valence-electron chi connectivity index (χ2n) is 4.18. The standard InChI is InChI=1S/C12H28N2O/c1-4-13-9-6-5-7-11-15-12-8-10-14(2)3/h13H,4-12H2,1-3H3. The molecule has 0 saturated carbocycles. The third-order valence-electron chi connectivity index (χ3n) is 2.29. The third-order valence-corrected chi connectivity index (χ3v) is 2.29. The number of nitrogens with one attached hydrogen (secondary N) is 1. The molecular formula is C12H28N2O. The number of hydrogen-bond acceptors (Lipinski definition) is 3. The highest BCUT2D eigenvalue weighted by Crippen LogP contribution is 1.95. The maximum Gasteiger partial charge on any atom is 0.0478 e. The van der Waals surface area contributed by atoms with Gasteiger partial charge in [0.1, 0.15) is 0 Å². The van der Waals surface area contributed by atoms with E-state index >= 15 is 0 Å². The molecule has 0 aromatic carbocycles. The molecule has 92 valence electrons. The Morgan fingerprint density at radius 2 is 1.73 bits per heavy atom. The fourth-order valence-electron chi connectivity index (χ4n) is 1.39. The van der Waals surface area contributed by atoms with Crippen LogP contribution in [0, 0.1) is 0 Å². The van der Waals surface area contributed by atoms with Gasteiger partial charge in [0.2, 0.25) is 0 Å². The SMILES string of the molecule is CCNCCCCCOCCCN(C)C. The molecule has 3 heteroatoms. The van der Waals surface area contributed by atoms with Crippen molar-refractivity contribution in [2.75, 3.05) is 46.9 Å². The molecule has 15 heavy (non-hydrogen) atoms. The highest BCUT2D eigenvalue weighted by molar-refractivity contribution is 4.47. The van der Waals surface area contributed by atoms with Gasteiger partial charge in [-0.15, -0.1) is 0 Å². The molecule has 0 aromatic heterocycles. The fraction of sp³-hybridized carbons (Fsp3) is 1.00. The summed E-state index contributed by atoms with van der Waals surface area (Å²) >= 11 is 0. The Labute approximate surface area is 95.2 Å². The van der Waals surface area contributed by atoms with E-state index in [-0.39, 0.29) is 0 Å². The zero-order valence-electron chi connectivity index (χ0n) is 10.7. The van der Waals surface area contributed by atoms with E-state index in [1.165, 1.54) is 19.3 Å². The minimum Gasteiger partial charge on any atom is -0.381 e. The molecule has 0 spiro atoms. The fourth-order valence-corrected chi connectivity index (χ4v) is 1.39. The van der Waals surface area contributed by atoms with Gasteiger partial charge >= 0.3 is 0 Å². The second-order valence-corrected chi connectivity index (χ2v) is 4.18. The lowest BCUT2D eigenvalue weighted by atomic mass is 10.2. The monoisotopic (exact) mass is 216 g/mol. The average Bonchev–Trinajstić information content (AvgIpc) is 2.20. The predicted molar refractivity (Wildman–Crippen MR) is 66.4 cm³/mol. The van der Waals surface area contributed by atoms with Gasteiger partial charge in [-0.1, -0.05) is 6.92 Å². The van der Waals surface area contributed by atoms with Crippen LogP contribution in [-0.4, -0.2) is 51.8 Å². The summed E-state index contributed by atoms with van der Waals surface area (Å²) in [4.78, 5) is 2.19. The van der Waals surface area contributed by atoms with Crippen LogP contribution in [0.1, 0.15) is 32.6 Å². The number of ether oxygens (including phenoxy) is 1. The quantitative estimate of drug-likeness (QED) is 0.532. The lowest BCUT2D eigenvalue weighted by Crippen LogP contribution is -2.15. The molecule has 1 N–H and O–H groups in total. The van der Waals surface area contributed by atoms with Gasteiger partial charge in [0.05, 0.1) is 0 Å². The van der Waals surface area contributed by atoms with Crippen LogP contribution in [0.2, 0.25) is 0 Å². The summed E-state index contributed by atoms with van der Waals surface area (Å²) in [5.41, 5.74) is 0. The Hall–Kier alpha value is -0.120. The van der Waals surface area contributed by atoms with E-state index in [0.717, 1.165) is 39.3 Å². The summed E-state index contributed by atoms with van der Waals surface area (Å²) in [5, 5.41) is 3.33. The van der Waals surface area contributed by atoms with Crippen LogP contribution in [0.25, 0.3) is 0 Å². The Morgan fingerprint density at radius 1 is 1.00 bits per heavy atom. The van der Waals surface area contributed by atoms with Crippen molar-refractivity contribution in [3.8, 4) is 0 Å². The van der Waals surface area contributed by atoms with E-state index in [1.54, 1.807) is 0 Å². The van der Waals surface area contributed by atoms with Gasteiger partial charge in [0.15, 0.2) is 0 Å². The topological polar surface area (TPSA) is 24.5 Å². The molecular weight excluding hydrogens is 188 g/mol. The zero-order valence-corrected chi connectivity index (χ0v) is 10.7. The molecule has 0 bridgehead atoms. The molecule has 0 aliphatic rings. The van der Waals surface area contributed by atoms with Crippen molar-refractivity contribution >= 4 is 0 Å². The minimum absolute atomic E-state index is 0.908. The van der Waals surface area contributed by atoms with E-state index in [9.17, 15) is 0 Å². The van der Waals surface area contributed by atoms with Gasteiger partial charge in [-0.3, -0.25) is 0 Å². The molecule has 0 aromatic rings. The Morgan fingerprint density at radius 3 is 2.40 bits per heavy atom. The maximum absolute atomic E-state index is 5.54. The second kappa shape index (κ2) is 12.0. The third kappa shape index (κ3) is 13.9. The largest absolute Gasteiger partial charge is 0.381 e. The zero-order chi connectivity index (χ0) is 11.4. The van der Waals surface area contributed by atoms with Gasteiger partial charge < -0.3 is 15.0 Å². The molecule has 0 heterocycles. The van der Waals surface area contributed by atoms with E-state index in [2.05, 4.69) is 31.2 Å². The van der Waals surface area contributed by atoms with Crippen molar-refractivity contribution in [3.63, 3.8) is 0 Å². The molecule has 0 aliphatic heterocycles. The Bertz CT molecular complexity index is 118. The first-order chi connectivity index (χ1) is 7.27. The van der Waals surface area contributed by atoms with Crippen LogP contribution in [0.15, 0.2) is 0 Å². The van der Waals surface area contributed by atoms with Crippen LogP contribution in [-0.2, 0) is 4.74 Å². The van der Waals surface area contributed by atoms with Crippen molar-refractivity contribution in [2.24, 2.45) is 0 Å². The van der Waals surface area contributed by atoms with E-state index in [4.69, 9.17) is 4.74 Å². The van der Waals surface area contributed by atoms with Gasteiger partial charge in [-0.05, 0) is 59.4 Å². The molecule has 0 aliphatic carbocycles. The summed E-state index contributed by atoms with van der Waals surface area (Å²) in [6.45, 7) is 7.34. The van der Waals surface area contributed by atoms with Gasteiger partial charge in [-0.2, -0.15) is 0 Å². The molecule has 0 fully saturated rings. The van der Waals surface area contributed by atoms with Crippen LogP contribution in [0.3, 0.4) is 0 Å². The molecule has 0 amide bonds. The summed E-state index contributed by atoms with van der Waals surface area (Å²) in [6.07, 6.45) is 4.90. The maximum atomic E-state index is 5.54. The van der Waals surface area contributed by atoms with Crippen LogP contribution in [0.4, 0.5) is 0 Å². The van der Waals surface area contributed by atoms with Crippen molar-refractivity contribution in [3.05, 3.63) is 0 Å². The highest BCUT2D eigenvalue weighted by Gasteiger charge is 1.92. The summed E-state index contributed by atoms with van der Waals surface area (Å²) in [5.74, 6) is 0. The number of rotatable bonds is 11. The Kier molecular flexibility index (Phi) is 11.9. The lowest BCUT2D eigenvalue weighted by molar-refractivity contribution is 0.122. The predicted octanol–water partition coefficient (Wildman–Crippen LogP) is 1.73. The van der Waals surface area contributed by atoms with Crippen LogP contribution >= 0.6 is 0 Å². The molecule has 0 atom stereocenters. The molecule has 3 nitrogen and oxygen atoms in total.